The molecule has 0 bridgehead atoms. The van der Waals surface area contributed by atoms with Gasteiger partial charge in [0, 0.05) is 17.9 Å². The van der Waals surface area contributed by atoms with Crippen LogP contribution in [0.2, 0.25) is 0 Å². The van der Waals surface area contributed by atoms with Crippen LogP contribution in [0.1, 0.15) is 23.2 Å². The maximum absolute atomic E-state index is 11.7. The molecule has 0 aliphatic carbocycles. The number of nitrogen functional groups attached to an aromatic ring is 1. The van der Waals surface area contributed by atoms with Crippen LogP contribution in [0.3, 0.4) is 0 Å². The summed E-state index contributed by atoms with van der Waals surface area (Å²) in [5.74, 6) is -0.517. The van der Waals surface area contributed by atoms with Crippen LogP contribution in [-0.4, -0.2) is 31.6 Å². The van der Waals surface area contributed by atoms with E-state index in [1.165, 1.54) is 7.11 Å². The number of rotatable bonds is 3. The van der Waals surface area contributed by atoms with Crippen LogP contribution >= 0.6 is 0 Å². The number of hydrogen-bond acceptors (Lipinski definition) is 5. The first-order valence-corrected chi connectivity index (χ1v) is 6.14. The van der Waals surface area contributed by atoms with E-state index in [-0.39, 0.29) is 11.9 Å². The smallest absolute Gasteiger partial charge is 0.340 e. The number of methoxy groups -OCH3 is 1. The van der Waals surface area contributed by atoms with E-state index in [0.29, 0.717) is 23.5 Å². The molecule has 1 atom stereocenters. The van der Waals surface area contributed by atoms with Gasteiger partial charge < -0.3 is 21.1 Å². The normalized spacial score (nSPS) is 18.6. The Bertz CT molecular complexity index is 502. The third-order valence-electron chi connectivity index (χ3n) is 3.08. The van der Waals surface area contributed by atoms with Crippen molar-refractivity contribution in [2.75, 3.05) is 24.7 Å². The number of amides is 1. The van der Waals surface area contributed by atoms with Crippen molar-refractivity contribution in [3.8, 4) is 0 Å². The number of benzene rings is 1. The summed E-state index contributed by atoms with van der Waals surface area (Å²) < 4.78 is 4.66. The van der Waals surface area contributed by atoms with E-state index in [2.05, 4.69) is 15.4 Å². The van der Waals surface area contributed by atoms with Crippen LogP contribution in [0.25, 0.3) is 0 Å². The summed E-state index contributed by atoms with van der Waals surface area (Å²) in [4.78, 5) is 23.2. The number of carbonyl (C=O) groups excluding carboxylic acids is 2. The van der Waals surface area contributed by atoms with Crippen LogP contribution in [0.5, 0.6) is 0 Å². The van der Waals surface area contributed by atoms with E-state index < -0.39 is 5.97 Å². The maximum atomic E-state index is 11.7. The van der Waals surface area contributed by atoms with Crippen LogP contribution in [0.4, 0.5) is 11.4 Å². The zero-order valence-electron chi connectivity index (χ0n) is 10.7. The van der Waals surface area contributed by atoms with Crippen molar-refractivity contribution in [3.63, 3.8) is 0 Å². The molecular weight excluding hydrogens is 246 g/mol. The summed E-state index contributed by atoms with van der Waals surface area (Å²) in [6.45, 7) is 0.714. The SMILES string of the molecule is COC(=O)c1cc(NC2CCCNC2=O)ccc1N. The van der Waals surface area contributed by atoms with Gasteiger partial charge in [-0.25, -0.2) is 4.79 Å². The van der Waals surface area contributed by atoms with E-state index in [0.717, 1.165) is 12.8 Å². The molecule has 19 heavy (non-hydrogen) atoms. The molecule has 0 saturated carbocycles. The van der Waals surface area contributed by atoms with Crippen LogP contribution < -0.4 is 16.4 Å². The van der Waals surface area contributed by atoms with Crippen molar-refractivity contribution < 1.29 is 14.3 Å². The quantitative estimate of drug-likeness (QED) is 0.552. The Morgan fingerprint density at radius 2 is 2.32 bits per heavy atom. The fourth-order valence-corrected chi connectivity index (χ4v) is 2.04. The van der Waals surface area contributed by atoms with E-state index in [4.69, 9.17) is 5.73 Å². The molecule has 1 aromatic rings. The minimum Gasteiger partial charge on any atom is -0.465 e. The summed E-state index contributed by atoms with van der Waals surface area (Å²) in [6, 6.07) is 4.69. The molecule has 1 fully saturated rings. The lowest BCUT2D eigenvalue weighted by Crippen LogP contribution is -2.44. The lowest BCUT2D eigenvalue weighted by molar-refractivity contribution is -0.123. The summed E-state index contributed by atoms with van der Waals surface area (Å²) in [6.07, 6.45) is 1.70. The van der Waals surface area contributed by atoms with E-state index >= 15 is 0 Å². The Morgan fingerprint density at radius 3 is 3.00 bits per heavy atom. The molecular formula is C13H17N3O3. The molecule has 1 heterocycles. The van der Waals surface area contributed by atoms with Gasteiger partial charge in [-0.15, -0.1) is 0 Å². The lowest BCUT2D eigenvalue weighted by atomic mass is 10.1. The first kappa shape index (κ1) is 13.2. The van der Waals surface area contributed by atoms with Crippen molar-refractivity contribution in [1.82, 2.24) is 5.32 Å². The summed E-state index contributed by atoms with van der Waals surface area (Å²) in [5.41, 5.74) is 7.04. The van der Waals surface area contributed by atoms with Gasteiger partial charge in [0.15, 0.2) is 0 Å². The molecule has 1 unspecified atom stereocenters. The van der Waals surface area contributed by atoms with Gasteiger partial charge in [0.2, 0.25) is 5.91 Å². The van der Waals surface area contributed by atoms with Crippen molar-refractivity contribution in [3.05, 3.63) is 23.8 Å². The molecule has 0 aromatic heterocycles. The highest BCUT2D eigenvalue weighted by molar-refractivity contribution is 5.96. The van der Waals surface area contributed by atoms with Gasteiger partial charge in [-0.2, -0.15) is 0 Å². The number of hydrogen-bond donors (Lipinski definition) is 3. The number of anilines is 2. The third-order valence-corrected chi connectivity index (χ3v) is 3.08. The van der Waals surface area contributed by atoms with Gasteiger partial charge in [0.1, 0.15) is 6.04 Å². The molecule has 1 aliphatic heterocycles. The number of carbonyl (C=O) groups is 2. The number of ether oxygens (including phenoxy) is 1. The Balaban J connectivity index is 2.16. The Labute approximate surface area is 111 Å². The largest absolute Gasteiger partial charge is 0.465 e. The molecule has 1 aliphatic rings. The molecule has 0 spiro atoms. The van der Waals surface area contributed by atoms with Crippen molar-refractivity contribution in [2.24, 2.45) is 0 Å². The zero-order valence-corrected chi connectivity index (χ0v) is 10.7. The molecule has 2 rings (SSSR count). The van der Waals surface area contributed by atoms with E-state index in [1.54, 1.807) is 18.2 Å². The monoisotopic (exact) mass is 263 g/mol. The van der Waals surface area contributed by atoms with Crippen molar-refractivity contribution in [2.45, 2.75) is 18.9 Å². The van der Waals surface area contributed by atoms with Gasteiger partial charge in [-0.05, 0) is 31.0 Å². The molecule has 4 N–H and O–H groups in total. The standard InChI is InChI=1S/C13H17N3O3/c1-19-13(18)9-7-8(4-5-10(9)14)16-11-3-2-6-15-12(11)17/h4-5,7,11,16H,2-3,6,14H2,1H3,(H,15,17). The van der Waals surface area contributed by atoms with Crippen LogP contribution in [0, 0.1) is 0 Å². The van der Waals surface area contributed by atoms with Crippen molar-refractivity contribution in [1.29, 1.82) is 0 Å². The maximum Gasteiger partial charge on any atom is 0.340 e. The highest BCUT2D eigenvalue weighted by Gasteiger charge is 2.22. The van der Waals surface area contributed by atoms with E-state index in [9.17, 15) is 9.59 Å². The van der Waals surface area contributed by atoms with Gasteiger partial charge in [0.05, 0.1) is 12.7 Å². The van der Waals surface area contributed by atoms with Gasteiger partial charge >= 0.3 is 5.97 Å². The molecule has 1 amide bonds. The van der Waals surface area contributed by atoms with Gasteiger partial charge in [-0.3, -0.25) is 4.79 Å². The molecule has 6 nitrogen and oxygen atoms in total. The minimum atomic E-state index is -0.491. The van der Waals surface area contributed by atoms with E-state index in [1.807, 2.05) is 0 Å². The Hall–Kier alpha value is -2.24. The summed E-state index contributed by atoms with van der Waals surface area (Å²) >= 11 is 0. The average Bonchev–Trinajstić information content (AvgIpc) is 2.42. The number of nitrogens with two attached hydrogens (primary N) is 1. The Kier molecular flexibility index (Phi) is 3.89. The second-order valence-corrected chi connectivity index (χ2v) is 4.42. The van der Waals surface area contributed by atoms with Crippen LogP contribution in [0.15, 0.2) is 18.2 Å². The van der Waals surface area contributed by atoms with Crippen LogP contribution in [-0.2, 0) is 9.53 Å². The second-order valence-electron chi connectivity index (χ2n) is 4.42. The first-order chi connectivity index (χ1) is 9.11. The molecule has 0 radical (unpaired) electrons. The highest BCUT2D eigenvalue weighted by atomic mass is 16.5. The summed E-state index contributed by atoms with van der Waals surface area (Å²) in [5, 5.41) is 5.90. The molecule has 6 heteroatoms. The van der Waals surface area contributed by atoms with Crippen molar-refractivity contribution >= 4 is 23.3 Å². The second kappa shape index (κ2) is 5.60. The molecule has 1 aromatic carbocycles. The first-order valence-electron chi connectivity index (χ1n) is 6.14. The summed E-state index contributed by atoms with van der Waals surface area (Å²) in [7, 11) is 1.30. The average molecular weight is 263 g/mol. The number of esters is 1. The predicted molar refractivity (Wildman–Crippen MR) is 71.8 cm³/mol. The fourth-order valence-electron chi connectivity index (χ4n) is 2.04. The zero-order chi connectivity index (χ0) is 13.8. The molecule has 1 saturated heterocycles. The Morgan fingerprint density at radius 1 is 1.53 bits per heavy atom. The van der Waals surface area contributed by atoms with Gasteiger partial charge in [0.25, 0.3) is 0 Å². The van der Waals surface area contributed by atoms with Gasteiger partial charge in [-0.1, -0.05) is 0 Å². The minimum absolute atomic E-state index is 0.0253. The lowest BCUT2D eigenvalue weighted by Gasteiger charge is -2.24. The fraction of sp³-hybridized carbons (Fsp3) is 0.385. The molecule has 102 valence electrons. The topological polar surface area (TPSA) is 93.5 Å². The number of piperidine rings is 1. The predicted octanol–water partition coefficient (Wildman–Crippen LogP) is 0.746. The highest BCUT2D eigenvalue weighted by Crippen LogP contribution is 2.20. The third kappa shape index (κ3) is 2.96. The number of nitrogens with one attached hydrogen (secondary N) is 2.